The van der Waals surface area contributed by atoms with Crippen LogP contribution >= 0.6 is 0 Å². The van der Waals surface area contributed by atoms with Crippen LogP contribution in [0.15, 0.2) is 6.20 Å². The van der Waals surface area contributed by atoms with Crippen LogP contribution in [0, 0.1) is 11.8 Å². The van der Waals surface area contributed by atoms with Crippen molar-refractivity contribution >= 4 is 0 Å². The summed E-state index contributed by atoms with van der Waals surface area (Å²) in [4.78, 5) is 0. The molecule has 0 bridgehead atoms. The predicted molar refractivity (Wildman–Crippen MR) is 44.0 cm³/mol. The van der Waals surface area contributed by atoms with Crippen LogP contribution in [0.5, 0.6) is 0 Å². The number of nitrogens with one attached hydrogen (secondary N) is 1. The third-order valence-corrected chi connectivity index (χ3v) is 1.49. The van der Waals surface area contributed by atoms with Gasteiger partial charge >= 0.3 is 0 Å². The summed E-state index contributed by atoms with van der Waals surface area (Å²) >= 11 is 0. The second-order valence-electron chi connectivity index (χ2n) is 2.38. The minimum absolute atomic E-state index is 0.551. The van der Waals surface area contributed by atoms with E-state index in [1.165, 1.54) is 6.20 Å². The van der Waals surface area contributed by atoms with Gasteiger partial charge in [0.25, 0.3) is 0 Å². The van der Waals surface area contributed by atoms with Crippen molar-refractivity contribution in [2.75, 3.05) is 0 Å². The third kappa shape index (κ3) is 2.36. The summed E-state index contributed by atoms with van der Waals surface area (Å²) < 4.78 is 0. The first-order chi connectivity index (χ1) is 5.84. The minimum atomic E-state index is -0.551. The Balaban J connectivity index is 2.37. The standard InChI is InChI=1S/C8H11N3O/c1-2-3-4-5-8(12)7-6-9-11-10-7/h6,8,12H,4-5H2,1H3,(H,9,10,11). The molecule has 0 amide bonds. The molecule has 4 nitrogen and oxygen atoms in total. The number of aliphatic hydroxyl groups excluding tert-OH is 1. The van der Waals surface area contributed by atoms with Gasteiger partial charge in [0.2, 0.25) is 0 Å². The lowest BCUT2D eigenvalue weighted by Crippen LogP contribution is -1.96. The number of H-pyrrole nitrogens is 1. The van der Waals surface area contributed by atoms with E-state index < -0.39 is 6.10 Å². The zero-order valence-corrected chi connectivity index (χ0v) is 6.91. The predicted octanol–water partition coefficient (Wildman–Crippen LogP) is 0.642. The van der Waals surface area contributed by atoms with E-state index in [-0.39, 0.29) is 0 Å². The summed E-state index contributed by atoms with van der Waals surface area (Å²) in [6.07, 6.45) is 2.26. The number of aromatic amines is 1. The lowest BCUT2D eigenvalue weighted by Gasteiger charge is -2.02. The van der Waals surface area contributed by atoms with E-state index in [1.807, 2.05) is 0 Å². The highest BCUT2D eigenvalue weighted by Crippen LogP contribution is 2.13. The molecule has 12 heavy (non-hydrogen) atoms. The van der Waals surface area contributed by atoms with Crippen LogP contribution in [0.4, 0.5) is 0 Å². The monoisotopic (exact) mass is 165 g/mol. The molecule has 0 aliphatic heterocycles. The van der Waals surface area contributed by atoms with Crippen molar-refractivity contribution in [1.82, 2.24) is 15.4 Å². The van der Waals surface area contributed by atoms with Crippen LogP contribution in [0.25, 0.3) is 0 Å². The summed E-state index contributed by atoms with van der Waals surface area (Å²) in [5.41, 5.74) is 0.577. The highest BCUT2D eigenvalue weighted by molar-refractivity contribution is 5.00. The Kier molecular flexibility index (Phi) is 3.30. The molecule has 4 heteroatoms. The lowest BCUT2D eigenvalue weighted by atomic mass is 10.1. The Bertz CT molecular complexity index is 270. The van der Waals surface area contributed by atoms with Gasteiger partial charge in [0, 0.05) is 6.42 Å². The highest BCUT2D eigenvalue weighted by Gasteiger charge is 2.08. The van der Waals surface area contributed by atoms with Gasteiger partial charge in [-0.15, -0.1) is 11.8 Å². The van der Waals surface area contributed by atoms with Crippen LogP contribution in [-0.2, 0) is 0 Å². The van der Waals surface area contributed by atoms with Gasteiger partial charge < -0.3 is 5.11 Å². The largest absolute Gasteiger partial charge is 0.387 e. The SMILES string of the molecule is CC#CCCC(O)c1cn[nH]n1. The van der Waals surface area contributed by atoms with E-state index >= 15 is 0 Å². The fraction of sp³-hybridized carbons (Fsp3) is 0.500. The van der Waals surface area contributed by atoms with E-state index in [2.05, 4.69) is 27.3 Å². The molecule has 0 spiro atoms. The van der Waals surface area contributed by atoms with Gasteiger partial charge in [0.1, 0.15) is 11.8 Å². The van der Waals surface area contributed by atoms with Crippen LogP contribution in [0.2, 0.25) is 0 Å². The van der Waals surface area contributed by atoms with Gasteiger partial charge in [0.15, 0.2) is 0 Å². The van der Waals surface area contributed by atoms with Gasteiger partial charge in [-0.25, -0.2) is 0 Å². The first-order valence-corrected chi connectivity index (χ1v) is 3.78. The summed E-state index contributed by atoms with van der Waals surface area (Å²) in [7, 11) is 0. The zero-order valence-electron chi connectivity index (χ0n) is 6.91. The lowest BCUT2D eigenvalue weighted by molar-refractivity contribution is 0.164. The fourth-order valence-corrected chi connectivity index (χ4v) is 0.853. The maximum absolute atomic E-state index is 9.45. The van der Waals surface area contributed by atoms with Crippen LogP contribution in [0.3, 0.4) is 0 Å². The quantitative estimate of drug-likeness (QED) is 0.646. The summed E-state index contributed by atoms with van der Waals surface area (Å²) in [6.45, 7) is 1.78. The van der Waals surface area contributed by atoms with Gasteiger partial charge in [-0.1, -0.05) is 0 Å². The number of nitrogens with zero attached hydrogens (tertiary/aromatic N) is 2. The summed E-state index contributed by atoms with van der Waals surface area (Å²) in [5, 5.41) is 19.3. The molecule has 1 atom stereocenters. The molecule has 0 saturated heterocycles. The topological polar surface area (TPSA) is 61.8 Å². The molecule has 0 aliphatic rings. The van der Waals surface area contributed by atoms with Crippen molar-refractivity contribution in [3.05, 3.63) is 11.9 Å². The number of hydrogen-bond donors (Lipinski definition) is 2. The molecule has 1 aromatic heterocycles. The molecule has 0 aromatic carbocycles. The molecule has 0 fully saturated rings. The van der Waals surface area contributed by atoms with Gasteiger partial charge in [-0.2, -0.15) is 15.4 Å². The number of hydrogen-bond acceptors (Lipinski definition) is 3. The molecular weight excluding hydrogens is 154 g/mol. The fourth-order valence-electron chi connectivity index (χ4n) is 0.853. The van der Waals surface area contributed by atoms with E-state index in [0.717, 1.165) is 0 Å². The molecule has 1 heterocycles. The first kappa shape index (κ1) is 8.75. The van der Waals surface area contributed by atoms with E-state index in [1.54, 1.807) is 6.92 Å². The molecule has 0 aliphatic carbocycles. The molecule has 0 radical (unpaired) electrons. The van der Waals surface area contributed by atoms with Crippen molar-refractivity contribution in [1.29, 1.82) is 0 Å². The Morgan fingerprint density at radius 1 is 1.75 bits per heavy atom. The van der Waals surface area contributed by atoms with Gasteiger partial charge in [-0.3, -0.25) is 0 Å². The number of rotatable bonds is 3. The first-order valence-electron chi connectivity index (χ1n) is 3.78. The van der Waals surface area contributed by atoms with Crippen molar-refractivity contribution in [3.63, 3.8) is 0 Å². The van der Waals surface area contributed by atoms with E-state index in [4.69, 9.17) is 0 Å². The van der Waals surface area contributed by atoms with Crippen molar-refractivity contribution < 1.29 is 5.11 Å². The van der Waals surface area contributed by atoms with Gasteiger partial charge in [0.05, 0.1) is 6.20 Å². The maximum atomic E-state index is 9.45. The summed E-state index contributed by atoms with van der Waals surface area (Å²) in [6, 6.07) is 0. The molecule has 64 valence electrons. The Labute approximate surface area is 71.0 Å². The third-order valence-electron chi connectivity index (χ3n) is 1.49. The molecule has 0 saturated carbocycles. The molecule has 2 N–H and O–H groups in total. The zero-order chi connectivity index (χ0) is 8.81. The highest BCUT2D eigenvalue weighted by atomic mass is 16.3. The summed E-state index contributed by atoms with van der Waals surface area (Å²) in [5.74, 6) is 5.64. The smallest absolute Gasteiger partial charge is 0.111 e. The molecular formula is C8H11N3O. The Hall–Kier alpha value is -1.34. The van der Waals surface area contributed by atoms with Crippen molar-refractivity contribution in [2.24, 2.45) is 0 Å². The number of aliphatic hydroxyl groups is 1. The molecule has 1 unspecified atom stereocenters. The Morgan fingerprint density at radius 2 is 2.58 bits per heavy atom. The second kappa shape index (κ2) is 4.52. The van der Waals surface area contributed by atoms with E-state index in [9.17, 15) is 5.11 Å². The normalized spacial score (nSPS) is 11.8. The van der Waals surface area contributed by atoms with Crippen LogP contribution in [-0.4, -0.2) is 20.5 Å². The molecule has 1 rings (SSSR count). The van der Waals surface area contributed by atoms with Gasteiger partial charge in [-0.05, 0) is 13.3 Å². The Morgan fingerprint density at radius 3 is 3.17 bits per heavy atom. The number of aromatic nitrogens is 3. The molecule has 1 aromatic rings. The maximum Gasteiger partial charge on any atom is 0.111 e. The van der Waals surface area contributed by atoms with Crippen molar-refractivity contribution in [2.45, 2.75) is 25.9 Å². The average molecular weight is 165 g/mol. The van der Waals surface area contributed by atoms with Crippen molar-refractivity contribution in [3.8, 4) is 11.8 Å². The van der Waals surface area contributed by atoms with Crippen LogP contribution < -0.4 is 0 Å². The van der Waals surface area contributed by atoms with Crippen LogP contribution in [0.1, 0.15) is 31.6 Å². The second-order valence-corrected chi connectivity index (χ2v) is 2.38. The average Bonchev–Trinajstić information content (AvgIpc) is 2.56. The minimum Gasteiger partial charge on any atom is -0.387 e. The van der Waals surface area contributed by atoms with E-state index in [0.29, 0.717) is 18.5 Å².